The maximum absolute atomic E-state index is 12.6. The summed E-state index contributed by atoms with van der Waals surface area (Å²) < 4.78 is 27.5. The van der Waals surface area contributed by atoms with Gasteiger partial charge in [-0.05, 0) is 42.8 Å². The predicted molar refractivity (Wildman–Crippen MR) is 109 cm³/mol. The molecule has 2 rings (SSSR count). The Morgan fingerprint density at radius 3 is 2.32 bits per heavy atom. The zero-order chi connectivity index (χ0) is 20.6. The average molecular weight is 424 g/mol. The Balaban J connectivity index is 2.06. The van der Waals surface area contributed by atoms with Gasteiger partial charge in [-0.1, -0.05) is 30.7 Å². The van der Waals surface area contributed by atoms with Gasteiger partial charge in [0.25, 0.3) is 15.9 Å². The van der Waals surface area contributed by atoms with Crippen LogP contribution in [0.2, 0.25) is 5.02 Å². The van der Waals surface area contributed by atoms with Gasteiger partial charge in [0.1, 0.15) is 0 Å². The third-order valence-electron chi connectivity index (χ3n) is 3.75. The summed E-state index contributed by atoms with van der Waals surface area (Å²) in [7, 11) is -3.88. The van der Waals surface area contributed by atoms with Crippen molar-refractivity contribution in [3.63, 3.8) is 0 Å². The normalized spacial score (nSPS) is 10.9. The third-order valence-corrected chi connectivity index (χ3v) is 5.38. The summed E-state index contributed by atoms with van der Waals surface area (Å²) in [6.45, 7) is 2.68. The second-order valence-electron chi connectivity index (χ2n) is 5.96. The molecule has 0 heterocycles. The molecule has 0 aromatic heterocycles. The van der Waals surface area contributed by atoms with Crippen LogP contribution in [-0.2, 0) is 14.8 Å². The Morgan fingerprint density at radius 1 is 0.964 bits per heavy atom. The van der Waals surface area contributed by atoms with Crippen LogP contribution < -0.4 is 15.4 Å². The molecule has 0 aliphatic heterocycles. The summed E-state index contributed by atoms with van der Waals surface area (Å²) >= 11 is 5.79. The van der Waals surface area contributed by atoms with E-state index in [0.29, 0.717) is 11.6 Å². The van der Waals surface area contributed by atoms with E-state index in [4.69, 9.17) is 11.6 Å². The number of hydrogen-bond acceptors (Lipinski definition) is 4. The Morgan fingerprint density at radius 2 is 1.64 bits per heavy atom. The lowest BCUT2D eigenvalue weighted by atomic mass is 10.1. The maximum Gasteiger partial charge on any atom is 0.261 e. The van der Waals surface area contributed by atoms with Gasteiger partial charge in [0.2, 0.25) is 5.91 Å². The molecule has 0 saturated heterocycles. The summed E-state index contributed by atoms with van der Waals surface area (Å²) in [5.74, 6) is -0.628. The molecule has 3 N–H and O–H groups in total. The number of rotatable bonds is 9. The lowest BCUT2D eigenvalue weighted by Crippen LogP contribution is -2.31. The third kappa shape index (κ3) is 6.24. The van der Waals surface area contributed by atoms with Gasteiger partial charge in [0, 0.05) is 24.5 Å². The SMILES string of the molecule is CCCNC(=O)CCNC(=O)c1ccccc1NS(=O)(=O)c1ccc(Cl)cc1. The number of para-hydroxylation sites is 1. The average Bonchev–Trinajstić information content (AvgIpc) is 2.66. The summed E-state index contributed by atoms with van der Waals surface area (Å²) in [6.07, 6.45) is 0.976. The molecule has 0 aliphatic rings. The number of amides is 2. The van der Waals surface area contributed by atoms with Gasteiger partial charge in [-0.3, -0.25) is 14.3 Å². The van der Waals surface area contributed by atoms with Crippen LogP contribution in [0.3, 0.4) is 0 Å². The van der Waals surface area contributed by atoms with Crippen LogP contribution in [0, 0.1) is 0 Å². The summed E-state index contributed by atoms with van der Waals surface area (Å²) in [6, 6.07) is 11.9. The van der Waals surface area contributed by atoms with Crippen molar-refractivity contribution >= 4 is 39.1 Å². The molecular formula is C19H22ClN3O4S. The molecule has 0 bridgehead atoms. The zero-order valence-corrected chi connectivity index (χ0v) is 16.9. The lowest BCUT2D eigenvalue weighted by molar-refractivity contribution is -0.120. The van der Waals surface area contributed by atoms with Crippen LogP contribution in [0.4, 0.5) is 5.69 Å². The van der Waals surface area contributed by atoms with Gasteiger partial charge in [0.15, 0.2) is 0 Å². The highest BCUT2D eigenvalue weighted by Gasteiger charge is 2.18. The van der Waals surface area contributed by atoms with Crippen molar-refractivity contribution in [3.05, 3.63) is 59.1 Å². The first kappa shape index (κ1) is 21.7. The highest BCUT2D eigenvalue weighted by Crippen LogP contribution is 2.21. The minimum atomic E-state index is -3.88. The molecule has 0 fully saturated rings. The number of benzene rings is 2. The zero-order valence-electron chi connectivity index (χ0n) is 15.4. The van der Waals surface area contributed by atoms with Crippen LogP contribution in [0.5, 0.6) is 0 Å². The van der Waals surface area contributed by atoms with Crippen molar-refractivity contribution in [2.45, 2.75) is 24.7 Å². The minimum Gasteiger partial charge on any atom is -0.356 e. The molecule has 9 heteroatoms. The van der Waals surface area contributed by atoms with Crippen LogP contribution in [0.25, 0.3) is 0 Å². The largest absolute Gasteiger partial charge is 0.356 e. The fourth-order valence-electron chi connectivity index (χ4n) is 2.33. The van der Waals surface area contributed by atoms with Gasteiger partial charge in [0.05, 0.1) is 16.1 Å². The van der Waals surface area contributed by atoms with E-state index in [1.54, 1.807) is 12.1 Å². The predicted octanol–water partition coefficient (Wildman–Crippen LogP) is 2.79. The molecule has 0 spiro atoms. The van der Waals surface area contributed by atoms with Crippen molar-refractivity contribution in [1.82, 2.24) is 10.6 Å². The van der Waals surface area contributed by atoms with E-state index in [9.17, 15) is 18.0 Å². The number of carbonyl (C=O) groups is 2. The second-order valence-corrected chi connectivity index (χ2v) is 8.08. The quantitative estimate of drug-likeness (QED) is 0.576. The monoisotopic (exact) mass is 423 g/mol. The first-order valence-corrected chi connectivity index (χ1v) is 10.6. The summed E-state index contributed by atoms with van der Waals surface area (Å²) in [5.41, 5.74) is 0.305. The van der Waals surface area contributed by atoms with E-state index in [0.717, 1.165) is 6.42 Å². The topological polar surface area (TPSA) is 104 Å². The maximum atomic E-state index is 12.6. The number of carbonyl (C=O) groups excluding carboxylic acids is 2. The lowest BCUT2D eigenvalue weighted by Gasteiger charge is -2.13. The van der Waals surface area contributed by atoms with Gasteiger partial charge < -0.3 is 10.6 Å². The highest BCUT2D eigenvalue weighted by molar-refractivity contribution is 7.92. The first-order valence-electron chi connectivity index (χ1n) is 8.76. The van der Waals surface area contributed by atoms with Crippen LogP contribution in [-0.4, -0.2) is 33.3 Å². The summed E-state index contributed by atoms with van der Waals surface area (Å²) in [5, 5.41) is 5.76. The standard InChI is InChI=1S/C19H22ClN3O4S/c1-2-12-21-18(24)11-13-22-19(25)16-5-3-4-6-17(16)23-28(26,27)15-9-7-14(20)8-10-15/h3-10,23H,2,11-13H2,1H3,(H,21,24)(H,22,25). The van der Waals surface area contributed by atoms with E-state index < -0.39 is 15.9 Å². The van der Waals surface area contributed by atoms with E-state index in [2.05, 4.69) is 15.4 Å². The fraction of sp³-hybridized carbons (Fsp3) is 0.263. The van der Waals surface area contributed by atoms with E-state index in [1.165, 1.54) is 36.4 Å². The van der Waals surface area contributed by atoms with Crippen LogP contribution >= 0.6 is 11.6 Å². The van der Waals surface area contributed by atoms with Crippen molar-refractivity contribution in [2.75, 3.05) is 17.8 Å². The Kier molecular flexibility index (Phi) is 7.83. The van der Waals surface area contributed by atoms with Crippen LogP contribution in [0.15, 0.2) is 53.4 Å². The molecule has 0 aliphatic carbocycles. The molecular weight excluding hydrogens is 402 g/mol. The highest BCUT2D eigenvalue weighted by atomic mass is 35.5. The van der Waals surface area contributed by atoms with E-state index in [1.807, 2.05) is 6.92 Å². The fourth-order valence-corrected chi connectivity index (χ4v) is 3.53. The molecule has 0 radical (unpaired) electrons. The Bertz CT molecular complexity index is 930. The minimum absolute atomic E-state index is 0.0275. The van der Waals surface area contributed by atoms with Gasteiger partial charge in [-0.25, -0.2) is 8.42 Å². The van der Waals surface area contributed by atoms with Gasteiger partial charge >= 0.3 is 0 Å². The molecule has 2 aromatic carbocycles. The van der Waals surface area contributed by atoms with Crippen molar-refractivity contribution in [1.29, 1.82) is 0 Å². The molecule has 7 nitrogen and oxygen atoms in total. The number of sulfonamides is 1. The first-order chi connectivity index (χ1) is 13.3. The van der Waals surface area contributed by atoms with Gasteiger partial charge in [-0.2, -0.15) is 0 Å². The molecule has 0 unspecified atom stereocenters. The van der Waals surface area contributed by atoms with Crippen molar-refractivity contribution < 1.29 is 18.0 Å². The molecule has 28 heavy (non-hydrogen) atoms. The summed E-state index contributed by atoms with van der Waals surface area (Å²) in [4.78, 5) is 24.1. The number of hydrogen-bond donors (Lipinski definition) is 3. The molecule has 0 saturated carbocycles. The van der Waals surface area contributed by atoms with E-state index in [-0.39, 0.29) is 35.0 Å². The number of anilines is 1. The van der Waals surface area contributed by atoms with Crippen LogP contribution in [0.1, 0.15) is 30.1 Å². The smallest absolute Gasteiger partial charge is 0.261 e. The van der Waals surface area contributed by atoms with Crippen molar-refractivity contribution in [3.8, 4) is 0 Å². The number of nitrogens with one attached hydrogen (secondary N) is 3. The molecule has 2 amide bonds. The van der Waals surface area contributed by atoms with E-state index >= 15 is 0 Å². The molecule has 2 aromatic rings. The Labute approximate surface area is 169 Å². The Hall–Kier alpha value is -2.58. The molecule has 150 valence electrons. The van der Waals surface area contributed by atoms with Crippen molar-refractivity contribution in [2.24, 2.45) is 0 Å². The number of halogens is 1. The molecule has 0 atom stereocenters. The second kappa shape index (κ2) is 10.1. The van der Waals surface area contributed by atoms with Gasteiger partial charge in [-0.15, -0.1) is 0 Å².